The number of nitrogens with zero attached hydrogens (tertiary/aromatic N) is 1. The fourth-order valence-corrected chi connectivity index (χ4v) is 3.92. The van der Waals surface area contributed by atoms with Crippen LogP contribution in [0.3, 0.4) is 0 Å². The fourth-order valence-electron chi connectivity index (χ4n) is 2.77. The van der Waals surface area contributed by atoms with E-state index in [4.69, 9.17) is 4.55 Å². The number of benzene rings is 2. The largest absolute Gasteiger partial charge is 0.460 e. The molecular weight excluding hydrogens is 816 g/mol. The van der Waals surface area contributed by atoms with Gasteiger partial charge in [-0.15, -0.1) is 0 Å². The molecule has 0 unspecified atom stereocenters. The van der Waals surface area contributed by atoms with Crippen molar-refractivity contribution in [2.24, 2.45) is 0 Å². The summed E-state index contributed by atoms with van der Waals surface area (Å²) >= 11 is 2.25. The molecule has 0 atom stereocenters. The lowest BCUT2D eigenvalue weighted by Crippen LogP contribution is -2.74. The van der Waals surface area contributed by atoms with Crippen LogP contribution in [0.2, 0.25) is 0 Å². The van der Waals surface area contributed by atoms with Crippen LogP contribution in [-0.4, -0.2) is 64.9 Å². The molecule has 2 aromatic carbocycles. The normalized spacial score (nSPS) is 14.5. The van der Waals surface area contributed by atoms with Crippen LogP contribution in [0, 0.1) is 13.7 Å². The molecule has 1 N–H and O–H groups in total. The first-order valence-corrected chi connectivity index (χ1v) is 12.9. The maximum Gasteiger partial charge on any atom is 0.460 e. The third kappa shape index (κ3) is 6.60. The second kappa shape index (κ2) is 12.1. The van der Waals surface area contributed by atoms with Gasteiger partial charge in [-0.05, 0) is 51.9 Å². The van der Waals surface area contributed by atoms with Crippen LogP contribution < -0.4 is 0 Å². The summed E-state index contributed by atoms with van der Waals surface area (Å²) in [5, 5.41) is 2.68. The summed E-state index contributed by atoms with van der Waals surface area (Å²) in [6.07, 6.45) is -7.88. The molecule has 0 aliphatic heterocycles. The maximum atomic E-state index is 13.0. The van der Waals surface area contributed by atoms with Crippen molar-refractivity contribution in [1.29, 1.82) is 0 Å². The highest BCUT2D eigenvalue weighted by atomic mass is 127. The number of non-ortho nitro benzene ring substituents is 1. The second-order valence-electron chi connectivity index (χ2n) is 8.22. The minimum absolute atomic E-state index is 0.120. The fraction of sp³-hybridized carbons (Fsp3) is 0.400. The number of rotatable bonds is 9. The third-order valence-corrected chi connectivity index (χ3v) is 7.13. The van der Waals surface area contributed by atoms with Crippen LogP contribution in [0.15, 0.2) is 48.5 Å². The topological polar surface area (TPSA) is 97.5 Å². The minimum atomic E-state index is -8.89. The standard InChI is InChI=1S/C12H8INO2.C8HF17O3S/c13-12-4-2-1-3-11(12)9-5-7-10(8-6-9)14(15)16;9-1(10,3(13,14)5(17,18)7(21,22)23)2(11,12)4(15,16)6(19,20)8(24,25)29(26,27)28/h1-8H;(H,26,27,28). The van der Waals surface area contributed by atoms with Gasteiger partial charge < -0.3 is 0 Å². The Morgan fingerprint density at radius 1 is 0.600 bits per heavy atom. The van der Waals surface area contributed by atoms with Crippen molar-refractivity contribution in [3.8, 4) is 11.1 Å². The number of nitro benzene ring substituents is 1. The Hall–Kier alpha value is -2.71. The van der Waals surface area contributed by atoms with E-state index >= 15 is 0 Å². The average molecular weight is 825 g/mol. The number of halogens is 18. The lowest BCUT2D eigenvalue weighted by Gasteiger charge is -2.42. The molecule has 256 valence electrons. The van der Waals surface area contributed by atoms with Gasteiger partial charge in [0.2, 0.25) is 0 Å². The number of alkyl halides is 17. The molecule has 2 rings (SSSR count). The van der Waals surface area contributed by atoms with Gasteiger partial charge in [-0.1, -0.05) is 18.2 Å². The molecule has 0 radical (unpaired) electrons. The van der Waals surface area contributed by atoms with Crippen LogP contribution >= 0.6 is 22.6 Å². The summed E-state index contributed by atoms with van der Waals surface area (Å²) in [4.78, 5) is 10.1. The zero-order chi connectivity index (χ0) is 36.0. The van der Waals surface area contributed by atoms with Crippen molar-refractivity contribution in [3.05, 3.63) is 62.2 Å². The Morgan fingerprint density at radius 3 is 1.29 bits per heavy atom. The van der Waals surface area contributed by atoms with Gasteiger partial charge in [0.1, 0.15) is 0 Å². The van der Waals surface area contributed by atoms with Crippen molar-refractivity contribution in [3.63, 3.8) is 0 Å². The summed E-state index contributed by atoms with van der Waals surface area (Å²) in [7, 11) is -7.89. The van der Waals surface area contributed by atoms with Crippen molar-refractivity contribution < 1.29 is 92.5 Å². The molecule has 0 spiro atoms. The summed E-state index contributed by atoms with van der Waals surface area (Å²) < 4.78 is 244. The van der Waals surface area contributed by atoms with E-state index in [2.05, 4.69) is 22.6 Å². The van der Waals surface area contributed by atoms with Crippen molar-refractivity contribution in [1.82, 2.24) is 0 Å². The highest BCUT2D eigenvalue weighted by Crippen LogP contribution is 2.64. The van der Waals surface area contributed by atoms with E-state index in [0.717, 1.165) is 14.7 Å². The molecule has 0 aliphatic rings. The van der Waals surface area contributed by atoms with E-state index in [9.17, 15) is 93.2 Å². The molecule has 0 saturated heterocycles. The van der Waals surface area contributed by atoms with Gasteiger partial charge in [-0.25, -0.2) is 0 Å². The van der Waals surface area contributed by atoms with Crippen molar-refractivity contribution in [2.75, 3.05) is 0 Å². The Kier molecular flexibility index (Phi) is 10.9. The van der Waals surface area contributed by atoms with Gasteiger partial charge >= 0.3 is 57.1 Å². The van der Waals surface area contributed by atoms with Crippen molar-refractivity contribution >= 4 is 38.4 Å². The summed E-state index contributed by atoms with van der Waals surface area (Å²) in [5.41, 5.74) is 2.21. The SMILES string of the molecule is O=S(=O)(O)C(F)(F)C(F)(F)C(F)(F)C(F)(F)C(F)(F)C(F)(F)C(F)(F)C(F)(F)F.O=[N+]([O-])c1ccc(-c2ccccc2I)cc1. The maximum absolute atomic E-state index is 13.0. The van der Waals surface area contributed by atoms with Crippen LogP contribution in [-0.2, 0) is 10.1 Å². The predicted octanol–water partition coefficient (Wildman–Crippen LogP) is 8.71. The summed E-state index contributed by atoms with van der Waals surface area (Å²) in [5.74, 6) is -52.0. The molecule has 0 fully saturated rings. The highest BCUT2D eigenvalue weighted by Gasteiger charge is 2.96. The molecule has 0 aromatic heterocycles. The van der Waals surface area contributed by atoms with Gasteiger partial charge in [-0.2, -0.15) is 83.1 Å². The zero-order valence-corrected chi connectivity index (χ0v) is 23.3. The number of nitro groups is 1. The molecule has 6 nitrogen and oxygen atoms in total. The van der Waals surface area contributed by atoms with E-state index in [1.807, 2.05) is 24.3 Å². The molecule has 0 bridgehead atoms. The monoisotopic (exact) mass is 825 g/mol. The number of hydrogen-bond acceptors (Lipinski definition) is 4. The van der Waals surface area contributed by atoms with Crippen LogP contribution in [0.4, 0.5) is 80.3 Å². The van der Waals surface area contributed by atoms with E-state index in [1.165, 1.54) is 12.1 Å². The zero-order valence-electron chi connectivity index (χ0n) is 20.4. The van der Waals surface area contributed by atoms with E-state index < -0.39 is 57.1 Å². The van der Waals surface area contributed by atoms with Crippen molar-refractivity contribution in [2.45, 2.75) is 47.0 Å². The number of hydrogen-bond donors (Lipinski definition) is 1. The highest BCUT2D eigenvalue weighted by molar-refractivity contribution is 14.1. The van der Waals surface area contributed by atoms with E-state index in [-0.39, 0.29) is 10.6 Å². The molecule has 45 heavy (non-hydrogen) atoms. The third-order valence-electron chi connectivity index (χ3n) is 5.28. The molecule has 0 saturated carbocycles. The lowest BCUT2D eigenvalue weighted by molar-refractivity contribution is -0.458. The van der Waals surface area contributed by atoms with Gasteiger partial charge in [-0.3, -0.25) is 14.7 Å². The first-order chi connectivity index (χ1) is 19.7. The van der Waals surface area contributed by atoms with Gasteiger partial charge in [0.15, 0.2) is 0 Å². The van der Waals surface area contributed by atoms with Crippen LogP contribution in [0.5, 0.6) is 0 Å². The lowest BCUT2D eigenvalue weighted by atomic mass is 9.91. The Balaban J connectivity index is 0.000000526. The molecular formula is C20H9F17INO5S. The molecule has 0 amide bonds. The van der Waals surface area contributed by atoms with Gasteiger partial charge in [0, 0.05) is 15.7 Å². The summed E-state index contributed by atoms with van der Waals surface area (Å²) in [6.45, 7) is 0. The van der Waals surface area contributed by atoms with Crippen LogP contribution in [0.25, 0.3) is 11.1 Å². The molecule has 2 aromatic rings. The Morgan fingerprint density at radius 2 is 0.956 bits per heavy atom. The average Bonchev–Trinajstić information content (AvgIpc) is 2.87. The van der Waals surface area contributed by atoms with E-state index in [1.54, 1.807) is 12.1 Å². The molecule has 0 heterocycles. The smallest absolute Gasteiger partial charge is 0.281 e. The first kappa shape index (κ1) is 40.3. The van der Waals surface area contributed by atoms with E-state index in [0.29, 0.717) is 0 Å². The quantitative estimate of drug-likeness (QED) is 0.0898. The Bertz CT molecular complexity index is 1500. The minimum Gasteiger partial charge on any atom is -0.281 e. The first-order valence-electron chi connectivity index (χ1n) is 10.4. The predicted molar refractivity (Wildman–Crippen MR) is 123 cm³/mol. The molecule has 0 aliphatic carbocycles. The second-order valence-corrected chi connectivity index (χ2v) is 10.8. The van der Waals surface area contributed by atoms with Gasteiger partial charge in [0.25, 0.3) is 5.69 Å². The summed E-state index contributed by atoms with van der Waals surface area (Å²) in [6, 6.07) is 14.5. The van der Waals surface area contributed by atoms with Gasteiger partial charge in [0.05, 0.1) is 4.92 Å². The molecule has 25 heteroatoms. The van der Waals surface area contributed by atoms with Crippen LogP contribution in [0.1, 0.15) is 0 Å². The Labute approximate surface area is 251 Å².